The number of anilines is 1. The normalized spacial score (nSPS) is 30.6. The molecule has 0 saturated heterocycles. The molecule has 0 spiro atoms. The van der Waals surface area contributed by atoms with Crippen molar-refractivity contribution >= 4 is 21.7 Å². The van der Waals surface area contributed by atoms with E-state index >= 15 is 0 Å². The molecule has 1 aliphatic carbocycles. The molecule has 3 unspecified atom stereocenters. The lowest BCUT2D eigenvalue weighted by molar-refractivity contribution is 0.202. The van der Waals surface area contributed by atoms with Gasteiger partial charge in [0.1, 0.15) is 5.82 Å². The van der Waals surface area contributed by atoms with Gasteiger partial charge < -0.3 is 5.73 Å². The van der Waals surface area contributed by atoms with E-state index in [1.165, 1.54) is 19.3 Å². The minimum Gasteiger partial charge on any atom is -0.383 e. The van der Waals surface area contributed by atoms with Crippen molar-refractivity contribution in [3.05, 3.63) is 10.2 Å². The molecule has 1 aromatic heterocycles. The van der Waals surface area contributed by atoms with Crippen LogP contribution in [-0.4, -0.2) is 9.78 Å². The van der Waals surface area contributed by atoms with Crippen LogP contribution in [0.3, 0.4) is 0 Å². The van der Waals surface area contributed by atoms with Crippen LogP contribution in [0.1, 0.15) is 44.8 Å². The molecule has 16 heavy (non-hydrogen) atoms. The van der Waals surface area contributed by atoms with Gasteiger partial charge in [0.25, 0.3) is 0 Å². The summed E-state index contributed by atoms with van der Waals surface area (Å²) in [5.74, 6) is 2.38. The Kier molecular flexibility index (Phi) is 3.29. The Balaban J connectivity index is 2.22. The summed E-state index contributed by atoms with van der Waals surface area (Å²) in [7, 11) is 0. The fraction of sp³-hybridized carbons (Fsp3) is 0.750. The van der Waals surface area contributed by atoms with Crippen LogP contribution >= 0.6 is 15.9 Å². The Hall–Kier alpha value is -0.510. The van der Waals surface area contributed by atoms with Gasteiger partial charge >= 0.3 is 0 Å². The van der Waals surface area contributed by atoms with Gasteiger partial charge in [0.2, 0.25) is 0 Å². The molecule has 3 nitrogen and oxygen atoms in total. The van der Waals surface area contributed by atoms with Crippen molar-refractivity contribution in [2.24, 2.45) is 11.8 Å². The number of aromatic nitrogens is 2. The molecule has 2 rings (SSSR count). The zero-order valence-corrected chi connectivity index (χ0v) is 11.8. The summed E-state index contributed by atoms with van der Waals surface area (Å²) < 4.78 is 2.97. The van der Waals surface area contributed by atoms with Crippen molar-refractivity contribution < 1.29 is 0 Å². The third kappa shape index (κ3) is 1.99. The molecule has 1 aliphatic rings. The highest BCUT2D eigenvalue weighted by atomic mass is 79.9. The molecule has 0 radical (unpaired) electrons. The largest absolute Gasteiger partial charge is 0.383 e. The summed E-state index contributed by atoms with van der Waals surface area (Å²) in [5.41, 5.74) is 7.06. The predicted molar refractivity (Wildman–Crippen MR) is 70.3 cm³/mol. The zero-order valence-electron chi connectivity index (χ0n) is 10.2. The molecule has 0 amide bonds. The number of hydrogen-bond acceptors (Lipinski definition) is 2. The molecule has 3 atom stereocenters. The summed E-state index contributed by atoms with van der Waals surface area (Å²) in [6.07, 6.45) is 3.67. The molecule has 1 fully saturated rings. The summed E-state index contributed by atoms with van der Waals surface area (Å²) in [5, 5.41) is 4.54. The van der Waals surface area contributed by atoms with Crippen LogP contribution < -0.4 is 5.73 Å². The molecule has 1 aromatic rings. The lowest BCUT2D eigenvalue weighted by Crippen LogP contribution is -2.24. The smallest absolute Gasteiger partial charge is 0.136 e. The lowest BCUT2D eigenvalue weighted by Gasteiger charge is -2.32. The quantitative estimate of drug-likeness (QED) is 0.858. The number of rotatable bonds is 1. The van der Waals surface area contributed by atoms with Gasteiger partial charge in [-0.25, -0.2) is 4.68 Å². The van der Waals surface area contributed by atoms with E-state index in [0.717, 1.165) is 27.8 Å². The molecule has 0 aliphatic heterocycles. The van der Waals surface area contributed by atoms with Crippen LogP contribution in [0.15, 0.2) is 4.47 Å². The maximum absolute atomic E-state index is 6.07. The number of nitrogens with zero attached hydrogens (tertiary/aromatic N) is 2. The van der Waals surface area contributed by atoms with Crippen LogP contribution in [-0.2, 0) is 0 Å². The molecule has 1 heterocycles. The summed E-state index contributed by atoms with van der Waals surface area (Å²) in [6.45, 7) is 6.67. The van der Waals surface area contributed by atoms with E-state index < -0.39 is 0 Å². The topological polar surface area (TPSA) is 43.8 Å². The zero-order chi connectivity index (χ0) is 11.9. The number of nitrogen functional groups attached to an aromatic ring is 1. The number of halogens is 1. The maximum Gasteiger partial charge on any atom is 0.136 e. The number of aryl methyl sites for hydroxylation is 1. The average Bonchev–Trinajstić information content (AvgIpc) is 2.50. The van der Waals surface area contributed by atoms with Gasteiger partial charge in [0, 0.05) is 0 Å². The first-order valence-corrected chi connectivity index (χ1v) is 6.80. The molecular formula is C12H20BrN3. The van der Waals surface area contributed by atoms with Crippen molar-refractivity contribution in [3.63, 3.8) is 0 Å². The van der Waals surface area contributed by atoms with Gasteiger partial charge in [-0.1, -0.05) is 13.8 Å². The van der Waals surface area contributed by atoms with Gasteiger partial charge in [-0.2, -0.15) is 5.10 Å². The lowest BCUT2D eigenvalue weighted by atomic mass is 9.79. The molecule has 2 N–H and O–H groups in total. The monoisotopic (exact) mass is 285 g/mol. The minimum absolute atomic E-state index is 0.483. The van der Waals surface area contributed by atoms with Gasteiger partial charge in [-0.3, -0.25) is 0 Å². The van der Waals surface area contributed by atoms with Crippen molar-refractivity contribution in [3.8, 4) is 0 Å². The van der Waals surface area contributed by atoms with E-state index in [1.807, 2.05) is 11.6 Å². The predicted octanol–water partition coefficient (Wildman–Crippen LogP) is 3.53. The second-order valence-electron chi connectivity index (χ2n) is 5.15. The molecule has 4 heteroatoms. The number of hydrogen-bond donors (Lipinski definition) is 1. The summed E-state index contributed by atoms with van der Waals surface area (Å²) >= 11 is 3.49. The minimum atomic E-state index is 0.483. The van der Waals surface area contributed by atoms with Crippen LogP contribution in [0, 0.1) is 18.8 Å². The molecule has 0 aromatic carbocycles. The van der Waals surface area contributed by atoms with Crippen molar-refractivity contribution in [1.29, 1.82) is 0 Å². The van der Waals surface area contributed by atoms with Crippen LogP contribution in [0.2, 0.25) is 0 Å². The fourth-order valence-electron chi connectivity index (χ4n) is 2.56. The van der Waals surface area contributed by atoms with Crippen molar-refractivity contribution in [1.82, 2.24) is 9.78 Å². The van der Waals surface area contributed by atoms with Crippen molar-refractivity contribution in [2.75, 3.05) is 5.73 Å². The third-order valence-electron chi connectivity index (χ3n) is 3.96. The first kappa shape index (κ1) is 12.0. The molecule has 90 valence electrons. The summed E-state index contributed by atoms with van der Waals surface area (Å²) in [6, 6.07) is 0.483. The first-order valence-electron chi connectivity index (χ1n) is 6.00. The standard InChI is InChI=1S/C12H20BrN3/c1-7-4-5-10(6-8(7)2)16-12(14)11(13)9(3)15-16/h7-8,10H,4-6,14H2,1-3H3. The van der Waals surface area contributed by atoms with Crippen LogP contribution in [0.5, 0.6) is 0 Å². The summed E-state index contributed by atoms with van der Waals surface area (Å²) in [4.78, 5) is 0. The molecular weight excluding hydrogens is 266 g/mol. The average molecular weight is 286 g/mol. The Morgan fingerprint density at radius 2 is 2.00 bits per heavy atom. The second-order valence-corrected chi connectivity index (χ2v) is 5.94. The van der Waals surface area contributed by atoms with Crippen LogP contribution in [0.4, 0.5) is 5.82 Å². The molecule has 1 saturated carbocycles. The van der Waals surface area contributed by atoms with Crippen LogP contribution in [0.25, 0.3) is 0 Å². The maximum atomic E-state index is 6.07. The van der Waals surface area contributed by atoms with E-state index in [1.54, 1.807) is 0 Å². The Morgan fingerprint density at radius 3 is 2.50 bits per heavy atom. The molecule has 0 bridgehead atoms. The van der Waals surface area contributed by atoms with E-state index in [4.69, 9.17) is 5.73 Å². The van der Waals surface area contributed by atoms with Crippen molar-refractivity contribution in [2.45, 2.75) is 46.1 Å². The first-order chi connectivity index (χ1) is 7.50. The Labute approximate surface area is 106 Å². The van der Waals surface area contributed by atoms with E-state index in [9.17, 15) is 0 Å². The fourth-order valence-corrected chi connectivity index (χ4v) is 2.83. The van der Waals surface area contributed by atoms with E-state index in [-0.39, 0.29) is 0 Å². The van der Waals surface area contributed by atoms with E-state index in [0.29, 0.717) is 6.04 Å². The van der Waals surface area contributed by atoms with E-state index in [2.05, 4.69) is 34.9 Å². The second kappa shape index (κ2) is 4.40. The van der Waals surface area contributed by atoms with Gasteiger partial charge in [0.05, 0.1) is 16.2 Å². The van der Waals surface area contributed by atoms with Gasteiger partial charge in [0.15, 0.2) is 0 Å². The third-order valence-corrected chi connectivity index (χ3v) is 4.94. The van der Waals surface area contributed by atoms with Gasteiger partial charge in [-0.15, -0.1) is 0 Å². The number of nitrogens with two attached hydrogens (primary N) is 1. The highest BCUT2D eigenvalue weighted by Crippen LogP contribution is 2.38. The highest BCUT2D eigenvalue weighted by molar-refractivity contribution is 9.10. The highest BCUT2D eigenvalue weighted by Gasteiger charge is 2.28. The SMILES string of the molecule is Cc1nn(C2CCC(C)C(C)C2)c(N)c1Br. The Bertz CT molecular complexity index is 386. The Morgan fingerprint density at radius 1 is 1.31 bits per heavy atom. The van der Waals surface area contributed by atoms with Gasteiger partial charge in [-0.05, 0) is 54.0 Å².